The zero-order valence-corrected chi connectivity index (χ0v) is 11.3. The van der Waals surface area contributed by atoms with E-state index >= 15 is 0 Å². The van der Waals surface area contributed by atoms with Crippen molar-refractivity contribution in [2.45, 2.75) is 44.2 Å². The van der Waals surface area contributed by atoms with Crippen LogP contribution < -0.4 is 10.6 Å². The van der Waals surface area contributed by atoms with E-state index in [0.717, 1.165) is 12.8 Å². The van der Waals surface area contributed by atoms with Gasteiger partial charge in [0.2, 0.25) is 0 Å². The third kappa shape index (κ3) is 5.43. The molecular formula is C12H20N2O6. The van der Waals surface area contributed by atoms with Gasteiger partial charge in [-0.25, -0.2) is 9.59 Å². The number of aliphatic carboxylic acids is 2. The maximum absolute atomic E-state index is 11.8. The predicted molar refractivity (Wildman–Crippen MR) is 68.4 cm³/mol. The molecule has 0 aromatic heterocycles. The molecule has 20 heavy (non-hydrogen) atoms. The van der Waals surface area contributed by atoms with Crippen molar-refractivity contribution in [1.29, 1.82) is 0 Å². The minimum absolute atomic E-state index is 0.161. The van der Waals surface area contributed by atoms with E-state index in [-0.39, 0.29) is 12.8 Å². The zero-order chi connectivity index (χ0) is 15.2. The number of nitrogens with one attached hydrogen (secondary N) is 2. The van der Waals surface area contributed by atoms with Crippen LogP contribution in [0, 0.1) is 0 Å². The van der Waals surface area contributed by atoms with Crippen molar-refractivity contribution in [3.63, 3.8) is 0 Å². The van der Waals surface area contributed by atoms with Crippen LogP contribution in [0.4, 0.5) is 4.79 Å². The van der Waals surface area contributed by atoms with Gasteiger partial charge >= 0.3 is 18.0 Å². The molecule has 4 N–H and O–H groups in total. The third-order valence-electron chi connectivity index (χ3n) is 3.10. The largest absolute Gasteiger partial charge is 0.481 e. The summed E-state index contributed by atoms with van der Waals surface area (Å²) in [6, 6.07) is -1.85. The average molecular weight is 288 g/mol. The molecular weight excluding hydrogens is 268 g/mol. The lowest BCUT2D eigenvalue weighted by atomic mass is 9.95. The molecule has 1 aliphatic rings. The number of hydrogen-bond acceptors (Lipinski definition) is 4. The van der Waals surface area contributed by atoms with Crippen molar-refractivity contribution in [1.82, 2.24) is 10.6 Å². The highest BCUT2D eigenvalue weighted by atomic mass is 16.5. The standard InChI is InChI=1S/C12H20N2O6/c1-12(5-2-6-20-7-12)14-11(19)13-8(10(17)18)3-4-9(15)16/h8H,2-7H2,1H3,(H,15,16)(H,17,18)(H2,13,14,19)/t8-,12?/m0/s1. The van der Waals surface area contributed by atoms with Crippen molar-refractivity contribution < 1.29 is 29.3 Å². The van der Waals surface area contributed by atoms with E-state index in [9.17, 15) is 14.4 Å². The van der Waals surface area contributed by atoms with Crippen molar-refractivity contribution in [3.05, 3.63) is 0 Å². The molecule has 0 aromatic rings. The molecule has 1 fully saturated rings. The number of carbonyl (C=O) groups excluding carboxylic acids is 1. The molecule has 1 rings (SSSR count). The molecule has 1 heterocycles. The van der Waals surface area contributed by atoms with E-state index in [2.05, 4.69) is 10.6 Å². The number of hydrogen-bond donors (Lipinski definition) is 4. The summed E-state index contributed by atoms with van der Waals surface area (Å²) in [6.45, 7) is 2.83. The Kier molecular flexibility index (Phi) is 5.75. The fraction of sp³-hybridized carbons (Fsp3) is 0.750. The first kappa shape index (κ1) is 16.2. The molecule has 114 valence electrons. The van der Waals surface area contributed by atoms with Gasteiger partial charge in [-0.2, -0.15) is 0 Å². The summed E-state index contributed by atoms with van der Waals surface area (Å²) in [5.41, 5.74) is -0.530. The Bertz CT molecular complexity index is 378. The van der Waals surface area contributed by atoms with Gasteiger partial charge in [0.05, 0.1) is 12.1 Å². The third-order valence-corrected chi connectivity index (χ3v) is 3.10. The summed E-state index contributed by atoms with van der Waals surface area (Å²) in [5.74, 6) is -2.36. The summed E-state index contributed by atoms with van der Waals surface area (Å²) in [6.07, 6.45) is 1.08. The van der Waals surface area contributed by atoms with Crippen LogP contribution in [0.5, 0.6) is 0 Å². The van der Waals surface area contributed by atoms with Gasteiger partial charge in [0, 0.05) is 13.0 Å². The Morgan fingerprint density at radius 1 is 1.35 bits per heavy atom. The van der Waals surface area contributed by atoms with Crippen molar-refractivity contribution in [2.24, 2.45) is 0 Å². The van der Waals surface area contributed by atoms with Gasteiger partial charge in [-0.15, -0.1) is 0 Å². The van der Waals surface area contributed by atoms with E-state index in [1.807, 2.05) is 6.92 Å². The monoisotopic (exact) mass is 288 g/mol. The fourth-order valence-electron chi connectivity index (χ4n) is 2.03. The van der Waals surface area contributed by atoms with Crippen molar-refractivity contribution in [3.8, 4) is 0 Å². The first-order valence-corrected chi connectivity index (χ1v) is 6.43. The molecule has 8 heteroatoms. The maximum atomic E-state index is 11.8. The Morgan fingerprint density at radius 3 is 2.55 bits per heavy atom. The van der Waals surface area contributed by atoms with Crippen LogP contribution in [0.25, 0.3) is 0 Å². The van der Waals surface area contributed by atoms with Gasteiger partial charge in [0.15, 0.2) is 0 Å². The number of ether oxygens (including phenoxy) is 1. The molecule has 8 nitrogen and oxygen atoms in total. The highest BCUT2D eigenvalue weighted by molar-refractivity contribution is 5.83. The Morgan fingerprint density at radius 2 is 2.05 bits per heavy atom. The second-order valence-electron chi connectivity index (χ2n) is 5.14. The Balaban J connectivity index is 2.48. The molecule has 1 unspecified atom stereocenters. The van der Waals surface area contributed by atoms with Crippen LogP contribution >= 0.6 is 0 Å². The highest BCUT2D eigenvalue weighted by Crippen LogP contribution is 2.18. The lowest BCUT2D eigenvalue weighted by Crippen LogP contribution is -2.57. The number of carboxylic acids is 2. The SMILES string of the molecule is CC1(NC(=O)N[C@@H](CCC(=O)O)C(=O)O)CCCOC1. The topological polar surface area (TPSA) is 125 Å². The summed E-state index contributed by atoms with van der Waals surface area (Å²) < 4.78 is 5.28. The first-order valence-electron chi connectivity index (χ1n) is 6.43. The van der Waals surface area contributed by atoms with Gasteiger partial charge < -0.3 is 25.6 Å². The quantitative estimate of drug-likeness (QED) is 0.552. The predicted octanol–water partition coefficient (Wildman–Crippen LogP) is 0.173. The number of carboxylic acid groups (broad SMARTS) is 2. The number of rotatable bonds is 6. The molecule has 0 radical (unpaired) electrons. The van der Waals surface area contributed by atoms with E-state index in [1.165, 1.54) is 0 Å². The van der Waals surface area contributed by atoms with Crippen LogP contribution in [0.2, 0.25) is 0 Å². The van der Waals surface area contributed by atoms with Gasteiger partial charge in [-0.3, -0.25) is 4.79 Å². The Hall–Kier alpha value is -1.83. The van der Waals surface area contributed by atoms with Crippen LogP contribution in [-0.4, -0.2) is 53.0 Å². The molecule has 1 saturated heterocycles. The lowest BCUT2D eigenvalue weighted by Gasteiger charge is -2.34. The van der Waals surface area contributed by atoms with E-state index in [4.69, 9.17) is 14.9 Å². The van der Waals surface area contributed by atoms with Crippen LogP contribution in [0.1, 0.15) is 32.6 Å². The first-order chi connectivity index (χ1) is 9.32. The van der Waals surface area contributed by atoms with Crippen molar-refractivity contribution >= 4 is 18.0 Å². The lowest BCUT2D eigenvalue weighted by molar-refractivity contribution is -0.140. The molecule has 2 atom stereocenters. The van der Waals surface area contributed by atoms with Crippen LogP contribution in [-0.2, 0) is 14.3 Å². The summed E-state index contributed by atoms with van der Waals surface area (Å²) >= 11 is 0. The molecule has 0 saturated carbocycles. The zero-order valence-electron chi connectivity index (χ0n) is 11.3. The number of amides is 2. The molecule has 0 aliphatic carbocycles. The maximum Gasteiger partial charge on any atom is 0.326 e. The number of urea groups is 1. The van der Waals surface area contributed by atoms with Crippen molar-refractivity contribution in [2.75, 3.05) is 13.2 Å². The van der Waals surface area contributed by atoms with Crippen LogP contribution in [0.3, 0.4) is 0 Å². The summed E-state index contributed by atoms with van der Waals surface area (Å²) in [5, 5.41) is 22.4. The molecule has 0 spiro atoms. The van der Waals surface area contributed by atoms with Crippen LogP contribution in [0.15, 0.2) is 0 Å². The fourth-order valence-corrected chi connectivity index (χ4v) is 2.03. The van der Waals surface area contributed by atoms with Gasteiger partial charge in [-0.1, -0.05) is 0 Å². The normalized spacial score (nSPS) is 23.6. The number of carbonyl (C=O) groups is 3. The second kappa shape index (κ2) is 7.09. The van der Waals surface area contributed by atoms with Gasteiger partial charge in [0.25, 0.3) is 0 Å². The van der Waals surface area contributed by atoms with E-state index in [1.54, 1.807) is 0 Å². The molecule has 0 bridgehead atoms. The van der Waals surface area contributed by atoms with Gasteiger partial charge in [0.1, 0.15) is 6.04 Å². The minimum atomic E-state index is -1.26. The summed E-state index contributed by atoms with van der Waals surface area (Å²) in [7, 11) is 0. The highest BCUT2D eigenvalue weighted by Gasteiger charge is 2.30. The molecule has 2 amide bonds. The second-order valence-corrected chi connectivity index (χ2v) is 5.14. The molecule has 0 aromatic carbocycles. The Labute approximate surface area is 116 Å². The molecule has 1 aliphatic heterocycles. The smallest absolute Gasteiger partial charge is 0.326 e. The summed E-state index contributed by atoms with van der Waals surface area (Å²) in [4.78, 5) is 33.2. The van der Waals surface area contributed by atoms with E-state index < -0.39 is 29.6 Å². The average Bonchev–Trinajstić information content (AvgIpc) is 2.34. The minimum Gasteiger partial charge on any atom is -0.481 e. The van der Waals surface area contributed by atoms with E-state index in [0.29, 0.717) is 13.2 Å². The van der Waals surface area contributed by atoms with Gasteiger partial charge in [-0.05, 0) is 26.2 Å².